The average Bonchev–Trinajstić information content (AvgIpc) is 2.99. The summed E-state index contributed by atoms with van der Waals surface area (Å²) in [4.78, 5) is 12.3. The van der Waals surface area contributed by atoms with E-state index in [-0.39, 0.29) is 12.1 Å². The van der Waals surface area contributed by atoms with Gasteiger partial charge in [-0.2, -0.15) is 0 Å². The van der Waals surface area contributed by atoms with E-state index >= 15 is 0 Å². The first kappa shape index (κ1) is 34.9. The standard InChI is InChI=1S/C38H60O3/c1-4-6-8-10-12-14-15-17-19-21-23-38(39)41-33(3)34-24-26-35(27-25-34)36-28-30-37(31-29-36)40-32-22-20-18-16-13-11-9-7-5-2/h24-31,33H,4-23,32H2,1-3H3. The number of carbonyl (C=O) groups is 1. The summed E-state index contributed by atoms with van der Waals surface area (Å²) in [5.41, 5.74) is 3.35. The van der Waals surface area contributed by atoms with Crippen molar-refractivity contribution in [1.29, 1.82) is 0 Å². The van der Waals surface area contributed by atoms with Crippen molar-refractivity contribution < 1.29 is 14.3 Å². The number of carbonyl (C=O) groups excluding carboxylic acids is 1. The fourth-order valence-electron chi connectivity index (χ4n) is 5.37. The predicted molar refractivity (Wildman–Crippen MR) is 176 cm³/mol. The normalized spacial score (nSPS) is 11.9. The molecule has 0 aliphatic carbocycles. The van der Waals surface area contributed by atoms with Crippen LogP contribution in [0.25, 0.3) is 11.1 Å². The van der Waals surface area contributed by atoms with Gasteiger partial charge in [-0.05, 0) is 48.6 Å². The molecule has 3 nitrogen and oxygen atoms in total. The molecule has 1 atom stereocenters. The van der Waals surface area contributed by atoms with Gasteiger partial charge in [-0.15, -0.1) is 0 Å². The monoisotopic (exact) mass is 564 g/mol. The lowest BCUT2D eigenvalue weighted by Gasteiger charge is -2.14. The van der Waals surface area contributed by atoms with Crippen molar-refractivity contribution in [1.82, 2.24) is 0 Å². The van der Waals surface area contributed by atoms with Crippen molar-refractivity contribution in [3.05, 3.63) is 54.1 Å². The number of hydrogen-bond donors (Lipinski definition) is 0. The maximum atomic E-state index is 12.3. The minimum absolute atomic E-state index is 0.0841. The molecular weight excluding hydrogens is 504 g/mol. The highest BCUT2D eigenvalue weighted by molar-refractivity contribution is 5.70. The molecule has 3 heteroatoms. The Morgan fingerprint density at radius 1 is 0.561 bits per heavy atom. The summed E-state index contributed by atoms with van der Waals surface area (Å²) in [7, 11) is 0. The summed E-state index contributed by atoms with van der Waals surface area (Å²) in [6, 6.07) is 16.7. The Labute approximate surface area is 252 Å². The minimum atomic E-state index is -0.225. The average molecular weight is 565 g/mol. The van der Waals surface area contributed by atoms with Gasteiger partial charge in [0.15, 0.2) is 0 Å². The van der Waals surface area contributed by atoms with Gasteiger partial charge in [0.1, 0.15) is 11.9 Å². The highest BCUT2D eigenvalue weighted by Gasteiger charge is 2.12. The van der Waals surface area contributed by atoms with E-state index in [1.807, 2.05) is 6.92 Å². The number of ether oxygens (including phenoxy) is 2. The molecule has 0 aliphatic rings. The summed E-state index contributed by atoms with van der Waals surface area (Å²) >= 11 is 0. The fourth-order valence-corrected chi connectivity index (χ4v) is 5.37. The van der Waals surface area contributed by atoms with E-state index in [0.717, 1.165) is 48.3 Å². The van der Waals surface area contributed by atoms with Gasteiger partial charge in [0, 0.05) is 6.42 Å². The van der Waals surface area contributed by atoms with E-state index in [4.69, 9.17) is 9.47 Å². The Bertz CT molecular complexity index is 887. The third kappa shape index (κ3) is 16.7. The van der Waals surface area contributed by atoms with Crippen LogP contribution in [0.5, 0.6) is 5.75 Å². The Kier molecular flexibility index (Phi) is 19.8. The largest absolute Gasteiger partial charge is 0.494 e. The molecule has 2 rings (SSSR count). The smallest absolute Gasteiger partial charge is 0.306 e. The Morgan fingerprint density at radius 2 is 0.976 bits per heavy atom. The van der Waals surface area contributed by atoms with E-state index in [0.29, 0.717) is 6.42 Å². The lowest BCUT2D eigenvalue weighted by atomic mass is 10.0. The topological polar surface area (TPSA) is 35.5 Å². The van der Waals surface area contributed by atoms with Crippen LogP contribution >= 0.6 is 0 Å². The molecule has 2 aromatic carbocycles. The number of benzene rings is 2. The SMILES string of the molecule is CCCCCCCCCCCCC(=O)OC(C)c1ccc(-c2ccc(OCCCCCCCCCCC)cc2)cc1. The zero-order chi connectivity index (χ0) is 29.4. The first-order valence-corrected chi connectivity index (χ1v) is 17.2. The van der Waals surface area contributed by atoms with Crippen LogP contribution in [-0.4, -0.2) is 12.6 Å². The van der Waals surface area contributed by atoms with Crippen LogP contribution in [0.2, 0.25) is 0 Å². The second-order valence-corrected chi connectivity index (χ2v) is 11.9. The van der Waals surface area contributed by atoms with E-state index in [1.165, 1.54) is 103 Å². The van der Waals surface area contributed by atoms with Gasteiger partial charge in [0.2, 0.25) is 0 Å². The van der Waals surface area contributed by atoms with E-state index < -0.39 is 0 Å². The molecule has 1 unspecified atom stereocenters. The Morgan fingerprint density at radius 3 is 1.46 bits per heavy atom. The molecule has 0 N–H and O–H groups in total. The molecule has 0 amide bonds. The lowest BCUT2D eigenvalue weighted by molar-refractivity contribution is -0.148. The molecule has 0 aliphatic heterocycles. The van der Waals surface area contributed by atoms with Gasteiger partial charge in [-0.3, -0.25) is 4.79 Å². The Hall–Kier alpha value is -2.29. The van der Waals surface area contributed by atoms with Crippen LogP contribution in [0.15, 0.2) is 48.5 Å². The summed E-state index contributed by atoms with van der Waals surface area (Å²) in [5, 5.41) is 0. The summed E-state index contributed by atoms with van der Waals surface area (Å²) in [6.45, 7) is 7.29. The fraction of sp³-hybridized carbons (Fsp3) is 0.658. The molecule has 0 saturated carbocycles. The summed E-state index contributed by atoms with van der Waals surface area (Å²) in [6.07, 6.45) is 24.9. The third-order valence-corrected chi connectivity index (χ3v) is 8.13. The van der Waals surface area contributed by atoms with Gasteiger partial charge in [0.25, 0.3) is 0 Å². The highest BCUT2D eigenvalue weighted by atomic mass is 16.5. The zero-order valence-electron chi connectivity index (χ0n) is 26.8. The minimum Gasteiger partial charge on any atom is -0.494 e. The first-order valence-electron chi connectivity index (χ1n) is 17.2. The van der Waals surface area contributed by atoms with Crippen LogP contribution < -0.4 is 4.74 Å². The molecule has 0 fully saturated rings. The molecule has 0 bridgehead atoms. The van der Waals surface area contributed by atoms with Gasteiger partial charge >= 0.3 is 5.97 Å². The van der Waals surface area contributed by atoms with E-state index in [1.54, 1.807) is 0 Å². The van der Waals surface area contributed by atoms with Gasteiger partial charge in [-0.1, -0.05) is 159 Å². The van der Waals surface area contributed by atoms with Crippen LogP contribution in [0.1, 0.15) is 161 Å². The third-order valence-electron chi connectivity index (χ3n) is 8.13. The number of hydrogen-bond acceptors (Lipinski definition) is 3. The number of unbranched alkanes of at least 4 members (excludes halogenated alkanes) is 17. The van der Waals surface area contributed by atoms with Crippen molar-refractivity contribution in [3.8, 4) is 16.9 Å². The quantitative estimate of drug-likeness (QED) is 0.0888. The van der Waals surface area contributed by atoms with E-state index in [2.05, 4.69) is 62.4 Å². The van der Waals surface area contributed by atoms with Crippen molar-refractivity contribution in [3.63, 3.8) is 0 Å². The molecule has 0 radical (unpaired) electrons. The van der Waals surface area contributed by atoms with Gasteiger partial charge in [0.05, 0.1) is 6.61 Å². The van der Waals surface area contributed by atoms with Crippen LogP contribution in [0.4, 0.5) is 0 Å². The molecule has 0 spiro atoms. The van der Waals surface area contributed by atoms with Crippen molar-refractivity contribution in [2.24, 2.45) is 0 Å². The van der Waals surface area contributed by atoms with Crippen molar-refractivity contribution >= 4 is 5.97 Å². The highest BCUT2D eigenvalue weighted by Crippen LogP contribution is 2.26. The molecule has 0 aromatic heterocycles. The second kappa shape index (κ2) is 23.3. The summed E-state index contributed by atoms with van der Waals surface area (Å²) < 4.78 is 11.7. The van der Waals surface area contributed by atoms with Gasteiger partial charge < -0.3 is 9.47 Å². The molecular formula is C38H60O3. The summed E-state index contributed by atoms with van der Waals surface area (Å²) in [5.74, 6) is 0.854. The van der Waals surface area contributed by atoms with E-state index in [9.17, 15) is 4.79 Å². The van der Waals surface area contributed by atoms with Crippen molar-refractivity contribution in [2.75, 3.05) is 6.61 Å². The molecule has 41 heavy (non-hydrogen) atoms. The number of rotatable bonds is 25. The Balaban J connectivity index is 1.58. The van der Waals surface area contributed by atoms with Crippen LogP contribution in [0, 0.1) is 0 Å². The molecule has 0 heterocycles. The van der Waals surface area contributed by atoms with Crippen molar-refractivity contribution in [2.45, 2.75) is 155 Å². The maximum Gasteiger partial charge on any atom is 0.306 e. The predicted octanol–water partition coefficient (Wildman–Crippen LogP) is 12.2. The zero-order valence-corrected chi connectivity index (χ0v) is 26.8. The molecule has 230 valence electrons. The number of esters is 1. The van der Waals surface area contributed by atoms with Gasteiger partial charge in [-0.25, -0.2) is 0 Å². The second-order valence-electron chi connectivity index (χ2n) is 11.9. The molecule has 0 saturated heterocycles. The molecule has 2 aromatic rings. The van der Waals surface area contributed by atoms with Crippen LogP contribution in [-0.2, 0) is 9.53 Å². The first-order chi connectivity index (χ1) is 20.1. The lowest BCUT2D eigenvalue weighted by Crippen LogP contribution is -2.08. The maximum absolute atomic E-state index is 12.3. The van der Waals surface area contributed by atoms with Crippen LogP contribution in [0.3, 0.4) is 0 Å².